The zero-order valence-corrected chi connectivity index (χ0v) is 18.8. The summed E-state index contributed by atoms with van der Waals surface area (Å²) in [5.41, 5.74) is 1.50. The highest BCUT2D eigenvalue weighted by atomic mass is 79.9. The zero-order chi connectivity index (χ0) is 20.3. The highest BCUT2D eigenvalue weighted by Gasteiger charge is 2.28. The molecule has 1 aliphatic rings. The molecule has 0 saturated heterocycles. The third kappa shape index (κ3) is 4.70. The molecule has 2 aromatic rings. The number of anilines is 1. The van der Waals surface area contributed by atoms with Gasteiger partial charge >= 0.3 is 5.97 Å². The minimum atomic E-state index is -0.784. The smallest absolute Gasteiger partial charge is 0.341 e. The van der Waals surface area contributed by atoms with Crippen molar-refractivity contribution >= 4 is 55.7 Å². The molecule has 3 rings (SSSR count). The number of hydrogen-bond donors (Lipinski definition) is 1. The molecule has 0 radical (unpaired) electrons. The molecule has 1 amide bonds. The van der Waals surface area contributed by atoms with E-state index in [2.05, 4.69) is 21.2 Å². The van der Waals surface area contributed by atoms with Gasteiger partial charge in [-0.15, -0.1) is 11.3 Å². The van der Waals surface area contributed by atoms with E-state index >= 15 is 0 Å². The minimum Gasteiger partial charge on any atom is -0.479 e. The van der Waals surface area contributed by atoms with Gasteiger partial charge in [-0.25, -0.2) is 4.79 Å². The van der Waals surface area contributed by atoms with Gasteiger partial charge in [0.05, 0.1) is 17.2 Å². The van der Waals surface area contributed by atoms with Crippen LogP contribution in [0.1, 0.15) is 47.5 Å². The average molecular weight is 487 g/mol. The van der Waals surface area contributed by atoms with Crippen molar-refractivity contribution in [2.24, 2.45) is 0 Å². The van der Waals surface area contributed by atoms with Crippen molar-refractivity contribution in [2.45, 2.75) is 45.6 Å². The predicted molar refractivity (Wildman–Crippen MR) is 115 cm³/mol. The fraction of sp³-hybridized carbons (Fsp3) is 0.400. The van der Waals surface area contributed by atoms with Crippen molar-refractivity contribution in [3.05, 3.63) is 43.7 Å². The highest BCUT2D eigenvalue weighted by Crippen LogP contribution is 2.39. The average Bonchev–Trinajstić information content (AvgIpc) is 3.02. The van der Waals surface area contributed by atoms with Crippen LogP contribution in [0.2, 0.25) is 5.02 Å². The Morgan fingerprint density at radius 1 is 1.32 bits per heavy atom. The number of rotatable bonds is 6. The Morgan fingerprint density at radius 3 is 2.79 bits per heavy atom. The van der Waals surface area contributed by atoms with Gasteiger partial charge in [0, 0.05) is 9.35 Å². The highest BCUT2D eigenvalue weighted by molar-refractivity contribution is 9.10. The summed E-state index contributed by atoms with van der Waals surface area (Å²) in [6, 6.07) is 5.19. The molecule has 1 atom stereocenters. The summed E-state index contributed by atoms with van der Waals surface area (Å²) in [7, 11) is 0. The van der Waals surface area contributed by atoms with E-state index in [4.69, 9.17) is 21.1 Å². The third-order valence-electron chi connectivity index (χ3n) is 4.45. The Kier molecular flexibility index (Phi) is 7.01. The van der Waals surface area contributed by atoms with Gasteiger partial charge in [-0.2, -0.15) is 0 Å². The standard InChI is InChI=1S/C20H21BrClNO4S/c1-3-26-20(25)17-13-6-4-5-7-16(13)28-19(17)23-18(24)11(2)27-15-9-8-12(21)10-14(15)22/h8-11H,3-7H2,1-2H3,(H,23,24). The second kappa shape index (κ2) is 9.29. The lowest BCUT2D eigenvalue weighted by Gasteiger charge is -2.16. The van der Waals surface area contributed by atoms with Crippen LogP contribution >= 0.6 is 38.9 Å². The number of benzene rings is 1. The molecule has 1 unspecified atom stereocenters. The Balaban J connectivity index is 1.79. The molecule has 0 aliphatic heterocycles. The first-order chi connectivity index (χ1) is 13.4. The van der Waals surface area contributed by atoms with Crippen LogP contribution in [0.25, 0.3) is 0 Å². The van der Waals surface area contributed by atoms with Gasteiger partial charge in [-0.05, 0) is 63.3 Å². The van der Waals surface area contributed by atoms with Gasteiger partial charge in [0.2, 0.25) is 0 Å². The summed E-state index contributed by atoms with van der Waals surface area (Å²) in [5.74, 6) is -0.312. The maximum absolute atomic E-state index is 12.7. The summed E-state index contributed by atoms with van der Waals surface area (Å²) in [4.78, 5) is 26.4. The van der Waals surface area contributed by atoms with Crippen LogP contribution in [0, 0.1) is 0 Å². The molecule has 1 aromatic heterocycles. The van der Waals surface area contributed by atoms with E-state index in [0.717, 1.165) is 40.6 Å². The fourth-order valence-electron chi connectivity index (χ4n) is 3.10. The topological polar surface area (TPSA) is 64.6 Å². The quantitative estimate of drug-likeness (QED) is 0.538. The van der Waals surface area contributed by atoms with Crippen molar-refractivity contribution < 1.29 is 19.1 Å². The van der Waals surface area contributed by atoms with Crippen molar-refractivity contribution in [3.63, 3.8) is 0 Å². The Labute approximate surface area is 181 Å². The van der Waals surface area contributed by atoms with Crippen LogP contribution in [0.5, 0.6) is 5.75 Å². The molecule has 150 valence electrons. The molecule has 1 heterocycles. The molecule has 28 heavy (non-hydrogen) atoms. The summed E-state index contributed by atoms with van der Waals surface area (Å²) in [6.07, 6.45) is 3.09. The van der Waals surface area contributed by atoms with Crippen LogP contribution in [0.3, 0.4) is 0 Å². The van der Waals surface area contributed by atoms with Crippen molar-refractivity contribution in [1.29, 1.82) is 0 Å². The maximum Gasteiger partial charge on any atom is 0.341 e. The predicted octanol–water partition coefficient (Wildman–Crippen LogP) is 5.63. The van der Waals surface area contributed by atoms with Gasteiger partial charge in [0.25, 0.3) is 5.91 Å². The van der Waals surface area contributed by atoms with Gasteiger partial charge in [-0.1, -0.05) is 27.5 Å². The molecule has 0 saturated carbocycles. The van der Waals surface area contributed by atoms with Crippen molar-refractivity contribution in [2.75, 3.05) is 11.9 Å². The number of esters is 1. The van der Waals surface area contributed by atoms with E-state index in [1.807, 2.05) is 0 Å². The molecular weight excluding hydrogens is 466 g/mol. The number of aryl methyl sites for hydroxylation is 1. The normalized spacial score (nSPS) is 14.1. The first-order valence-electron chi connectivity index (χ1n) is 9.15. The number of carbonyl (C=O) groups excluding carboxylic acids is 2. The second-order valence-electron chi connectivity index (χ2n) is 6.46. The van der Waals surface area contributed by atoms with Crippen molar-refractivity contribution in [3.8, 4) is 5.75 Å². The lowest BCUT2D eigenvalue weighted by atomic mass is 9.95. The summed E-state index contributed by atoms with van der Waals surface area (Å²) in [6.45, 7) is 3.70. The van der Waals surface area contributed by atoms with E-state index < -0.39 is 6.10 Å². The first kappa shape index (κ1) is 21.1. The minimum absolute atomic E-state index is 0.290. The fourth-order valence-corrected chi connectivity index (χ4v) is 5.10. The molecule has 1 aliphatic carbocycles. The second-order valence-corrected chi connectivity index (χ2v) is 8.89. The van der Waals surface area contributed by atoms with Crippen LogP contribution in [-0.4, -0.2) is 24.6 Å². The van der Waals surface area contributed by atoms with E-state index in [1.165, 1.54) is 11.3 Å². The van der Waals surface area contributed by atoms with Gasteiger partial charge in [-0.3, -0.25) is 4.79 Å². The largest absolute Gasteiger partial charge is 0.479 e. The molecular formula is C20H21BrClNO4S. The first-order valence-corrected chi connectivity index (χ1v) is 11.1. The molecule has 5 nitrogen and oxygen atoms in total. The maximum atomic E-state index is 12.7. The third-order valence-corrected chi connectivity index (χ3v) is 6.45. The van der Waals surface area contributed by atoms with Crippen LogP contribution < -0.4 is 10.1 Å². The van der Waals surface area contributed by atoms with E-state index in [-0.39, 0.29) is 11.9 Å². The monoisotopic (exact) mass is 485 g/mol. The molecule has 8 heteroatoms. The molecule has 1 aromatic carbocycles. The van der Waals surface area contributed by atoms with E-state index in [1.54, 1.807) is 32.0 Å². The van der Waals surface area contributed by atoms with Crippen molar-refractivity contribution in [1.82, 2.24) is 0 Å². The molecule has 0 spiro atoms. The Morgan fingerprint density at radius 2 is 2.07 bits per heavy atom. The van der Waals surface area contributed by atoms with Gasteiger partial charge in [0.15, 0.2) is 6.10 Å². The lowest BCUT2D eigenvalue weighted by Crippen LogP contribution is -2.30. The number of hydrogen-bond acceptors (Lipinski definition) is 5. The number of thiophene rings is 1. The van der Waals surface area contributed by atoms with E-state index in [9.17, 15) is 9.59 Å². The molecule has 0 fully saturated rings. The zero-order valence-electron chi connectivity index (χ0n) is 15.6. The Bertz CT molecular complexity index is 899. The SMILES string of the molecule is CCOC(=O)c1c(NC(=O)C(C)Oc2ccc(Br)cc2Cl)sc2c1CCCC2. The number of amides is 1. The number of halogens is 2. The van der Waals surface area contributed by atoms with Gasteiger partial charge in [0.1, 0.15) is 10.8 Å². The number of fused-ring (bicyclic) bond motifs is 1. The summed E-state index contributed by atoms with van der Waals surface area (Å²) >= 11 is 11.0. The number of nitrogens with one attached hydrogen (secondary N) is 1. The van der Waals surface area contributed by atoms with E-state index in [0.29, 0.717) is 27.9 Å². The summed E-state index contributed by atoms with van der Waals surface area (Å²) < 4.78 is 11.8. The number of ether oxygens (including phenoxy) is 2. The summed E-state index contributed by atoms with van der Waals surface area (Å²) in [5, 5.41) is 3.80. The molecule has 0 bridgehead atoms. The van der Waals surface area contributed by atoms with Crippen LogP contribution in [0.4, 0.5) is 5.00 Å². The van der Waals surface area contributed by atoms with Crippen LogP contribution in [0.15, 0.2) is 22.7 Å². The van der Waals surface area contributed by atoms with Gasteiger partial charge < -0.3 is 14.8 Å². The number of carbonyl (C=O) groups is 2. The van der Waals surface area contributed by atoms with Crippen LogP contribution in [-0.2, 0) is 22.4 Å². The Hall–Kier alpha value is -1.57. The lowest BCUT2D eigenvalue weighted by molar-refractivity contribution is -0.122. The molecule has 1 N–H and O–H groups in total.